The first kappa shape index (κ1) is 84.5. The zero-order valence-corrected chi connectivity index (χ0v) is 40.0. The van der Waals surface area contributed by atoms with E-state index in [4.69, 9.17) is 4.74 Å². The van der Waals surface area contributed by atoms with Crippen LogP contribution in [-0.4, -0.2) is 100 Å². The van der Waals surface area contributed by atoms with Gasteiger partial charge in [-0.3, -0.25) is 14.7 Å². The molecule has 16 heteroatoms. The van der Waals surface area contributed by atoms with Crippen LogP contribution in [0.25, 0.3) is 0 Å². The van der Waals surface area contributed by atoms with Crippen molar-refractivity contribution in [1.29, 1.82) is 0 Å². The molecule has 0 aromatic carbocycles. The third kappa shape index (κ3) is 48.6. The van der Waals surface area contributed by atoms with Crippen LogP contribution in [0.3, 0.4) is 0 Å². The van der Waals surface area contributed by atoms with Crippen molar-refractivity contribution in [3.8, 4) is 0 Å². The molecule has 1 aliphatic heterocycles. The average Bonchev–Trinajstić information content (AvgIpc) is 2.65. The standard InChI is InChI=1S/C15H33N3.C4H10O.3CH4S.3Fe.Mo.Na.3S.Se/c1-13(2,3)16-10-17(14(4,5)6)12-18(11-16)15(7,8)9;1-3-5-4-2;3*1-2;;;;;;;;;/h10-12H2,1-9H3;3-4H2,1-2H3;3*2H,1H3;;;;;;;;;/q;;;;;+2;2*+3;+2;+1;4*-2/p-3. The zero-order valence-electron chi connectivity index (χ0n) is 26.1. The predicted octanol–water partition coefficient (Wildman–Crippen LogP) is 1.31. The summed E-state index contributed by atoms with van der Waals surface area (Å²) in [5, 5.41) is 0. The predicted molar refractivity (Wildman–Crippen MR) is 169 cm³/mol. The van der Waals surface area contributed by atoms with E-state index in [2.05, 4.69) is 115 Å². The van der Waals surface area contributed by atoms with Crippen molar-refractivity contribution < 1.29 is 107 Å². The Morgan fingerprint density at radius 3 is 0.737 bits per heavy atom. The summed E-state index contributed by atoms with van der Waals surface area (Å²) in [4.78, 5) is 7.69. The first-order valence-corrected chi connectivity index (χ1v) is 12.7. The average molecular weight is 933 g/mol. The molecule has 4 nitrogen and oxygen atoms in total. The van der Waals surface area contributed by atoms with Crippen LogP contribution in [-0.2, 0) is 155 Å². The van der Waals surface area contributed by atoms with Crippen LogP contribution in [0, 0.1) is 0 Å². The number of hydrogen-bond donors (Lipinski definition) is 0. The molecule has 0 aromatic rings. The first-order chi connectivity index (χ1) is 13.2. The van der Waals surface area contributed by atoms with E-state index in [1.165, 1.54) is 0 Å². The van der Waals surface area contributed by atoms with Gasteiger partial charge in [0.2, 0.25) is 0 Å². The molecular formula is C22H52Fe3MoN3NaOS6Se. The molecule has 0 unspecified atom stereocenters. The maximum atomic E-state index is 4.83. The van der Waals surface area contributed by atoms with E-state index in [9.17, 15) is 0 Å². The van der Waals surface area contributed by atoms with Gasteiger partial charge in [-0.25, -0.2) is 0 Å². The van der Waals surface area contributed by atoms with Crippen molar-refractivity contribution in [2.24, 2.45) is 0 Å². The van der Waals surface area contributed by atoms with Crippen molar-refractivity contribution >= 4 is 95.4 Å². The maximum Gasteiger partial charge on any atom is 3.00 e. The van der Waals surface area contributed by atoms with Crippen LogP contribution in [0.1, 0.15) is 76.2 Å². The van der Waals surface area contributed by atoms with Crippen molar-refractivity contribution in [3.63, 3.8) is 0 Å². The molecule has 1 fully saturated rings. The minimum atomic E-state index is 0. The van der Waals surface area contributed by atoms with Crippen molar-refractivity contribution in [1.82, 2.24) is 14.7 Å². The summed E-state index contributed by atoms with van der Waals surface area (Å²) >= 11 is 12.2. The van der Waals surface area contributed by atoms with E-state index >= 15 is 0 Å². The van der Waals surface area contributed by atoms with E-state index in [0.717, 1.165) is 33.2 Å². The maximum absolute atomic E-state index is 4.83. The Hall–Kier alpha value is 5.71. The van der Waals surface area contributed by atoms with E-state index in [1.807, 2.05) is 13.8 Å². The molecule has 2 radical (unpaired) electrons. The molecule has 0 amide bonds. The van der Waals surface area contributed by atoms with Gasteiger partial charge in [-0.2, -0.15) is 18.8 Å². The fourth-order valence-corrected chi connectivity index (χ4v) is 2.23. The SMILES string of the molecule is CC(C)(C)N1CN(C(C)(C)C)CN(C(C)(C)C)C1.CCOCC.C[S-].C[S-].C[S-].[Fe+2].[Fe+3].[Fe+3].[Mo+2].[Na+].[S-2].[S-2].[S-2].[Se-2]. The molecule has 0 atom stereocenters. The van der Waals surface area contributed by atoms with Gasteiger partial charge in [-0.15, -0.1) is 0 Å². The third-order valence-corrected chi connectivity index (χ3v) is 4.28. The van der Waals surface area contributed by atoms with Crippen LogP contribution in [0.4, 0.5) is 0 Å². The molecule has 1 saturated heterocycles. The third-order valence-electron chi connectivity index (χ3n) is 4.28. The number of nitrogens with zero attached hydrogens (tertiary/aromatic N) is 3. The summed E-state index contributed by atoms with van der Waals surface area (Å²) in [5.74, 6) is 0. The smallest absolute Gasteiger partial charge is 2.00 e. The molecule has 0 aromatic heterocycles. The van der Waals surface area contributed by atoms with E-state index in [-0.39, 0.29) is 176 Å². The number of rotatable bonds is 2. The first-order valence-electron chi connectivity index (χ1n) is 10.3. The number of hydrogen-bond acceptors (Lipinski definition) is 7. The second-order valence-electron chi connectivity index (χ2n) is 9.34. The normalized spacial score (nSPS) is 12.2. The van der Waals surface area contributed by atoms with Crippen LogP contribution in [0.2, 0.25) is 0 Å². The Morgan fingerprint density at radius 2 is 0.684 bits per heavy atom. The Bertz CT molecular complexity index is 325. The fourth-order valence-electron chi connectivity index (χ4n) is 2.23. The van der Waals surface area contributed by atoms with E-state index in [1.54, 1.807) is 18.8 Å². The summed E-state index contributed by atoms with van der Waals surface area (Å²) in [6.07, 6.45) is 4.75. The quantitative estimate of drug-likeness (QED) is 0.304. The van der Waals surface area contributed by atoms with Gasteiger partial charge in [-0.1, -0.05) is 0 Å². The summed E-state index contributed by atoms with van der Waals surface area (Å²) in [7, 11) is 0. The van der Waals surface area contributed by atoms with Gasteiger partial charge in [0.25, 0.3) is 0 Å². The van der Waals surface area contributed by atoms with Gasteiger partial charge < -0.3 is 100 Å². The molecule has 0 aliphatic carbocycles. The summed E-state index contributed by atoms with van der Waals surface area (Å²) < 4.78 is 4.83. The van der Waals surface area contributed by atoms with Gasteiger partial charge in [0, 0.05) is 29.8 Å². The van der Waals surface area contributed by atoms with Crippen LogP contribution in [0.15, 0.2) is 0 Å². The molecule has 38 heavy (non-hydrogen) atoms. The molecule has 0 bridgehead atoms. The van der Waals surface area contributed by atoms with Crippen LogP contribution < -0.4 is 29.6 Å². The van der Waals surface area contributed by atoms with Gasteiger partial charge in [-0.05, 0) is 76.2 Å². The van der Waals surface area contributed by atoms with Crippen molar-refractivity contribution in [3.05, 3.63) is 0 Å². The van der Waals surface area contributed by atoms with Crippen LogP contribution in [0.5, 0.6) is 0 Å². The van der Waals surface area contributed by atoms with Crippen molar-refractivity contribution in [2.75, 3.05) is 52.0 Å². The van der Waals surface area contributed by atoms with Gasteiger partial charge >= 0.3 is 102 Å². The minimum absolute atomic E-state index is 0. The van der Waals surface area contributed by atoms with Gasteiger partial charge in [0.1, 0.15) is 0 Å². The zero-order chi connectivity index (χ0) is 24.5. The van der Waals surface area contributed by atoms with E-state index < -0.39 is 0 Å². The summed E-state index contributed by atoms with van der Waals surface area (Å²) in [5.41, 5.74) is 0.647. The van der Waals surface area contributed by atoms with Crippen molar-refractivity contribution in [2.45, 2.75) is 92.8 Å². The van der Waals surface area contributed by atoms with Gasteiger partial charge in [0.05, 0.1) is 20.0 Å². The van der Waals surface area contributed by atoms with Crippen LogP contribution >= 0.6 is 0 Å². The van der Waals surface area contributed by atoms with E-state index in [0.29, 0.717) is 0 Å². The van der Waals surface area contributed by atoms with Gasteiger partial charge in [0.15, 0.2) is 0 Å². The molecule has 234 valence electrons. The molecule has 1 aliphatic rings. The Morgan fingerprint density at radius 1 is 0.553 bits per heavy atom. The minimum Gasteiger partial charge on any atom is -2.00 e. The summed E-state index contributed by atoms with van der Waals surface area (Å²) in [6.45, 7) is 29.6. The Balaban J connectivity index is -0.0000000251. The Kier molecular flexibility index (Phi) is 110. The molecule has 1 rings (SSSR count). The monoisotopic (exact) mass is 935 g/mol. The molecule has 1 heterocycles. The summed E-state index contributed by atoms with van der Waals surface area (Å²) in [6, 6.07) is 0. The molecule has 0 N–H and O–H groups in total. The molecular weight excluding hydrogens is 880 g/mol. The molecule has 0 saturated carbocycles. The Labute approximate surface area is 356 Å². The fraction of sp³-hybridized carbons (Fsp3) is 1.00. The second kappa shape index (κ2) is 49.6. The number of ether oxygens (including phenoxy) is 1. The largest absolute Gasteiger partial charge is 3.00 e. The topological polar surface area (TPSA) is 19.0 Å². The molecule has 0 spiro atoms. The second-order valence-corrected chi connectivity index (χ2v) is 9.34.